The molecule has 1 aromatic heterocycles. The summed E-state index contributed by atoms with van der Waals surface area (Å²) in [5, 5.41) is 12.4. The Kier molecular flexibility index (Phi) is 4.09. The number of likely N-dealkylation sites (tertiary alicyclic amines) is 1. The topological polar surface area (TPSA) is 78.4 Å². The van der Waals surface area contributed by atoms with Crippen LogP contribution in [0.25, 0.3) is 0 Å². The molecule has 1 fully saturated rings. The molecule has 1 aromatic rings. The van der Waals surface area contributed by atoms with Gasteiger partial charge in [0.1, 0.15) is 11.5 Å². The first-order chi connectivity index (χ1) is 8.70. The molecule has 2 N–H and O–H groups in total. The average molecular weight is 250 g/mol. The molecule has 1 aliphatic rings. The highest BCUT2D eigenvalue weighted by Crippen LogP contribution is 2.13. The Bertz CT molecular complexity index is 416. The third-order valence-corrected chi connectivity index (χ3v) is 2.96. The van der Waals surface area contributed by atoms with Crippen LogP contribution in [0.1, 0.15) is 30.3 Å². The van der Waals surface area contributed by atoms with E-state index < -0.39 is 0 Å². The van der Waals surface area contributed by atoms with Crippen LogP contribution in [0.15, 0.2) is 12.4 Å². The molecule has 0 radical (unpaired) electrons. The molecule has 0 aromatic carbocycles. The number of aliphatic hydroxyl groups is 1. The molecule has 1 amide bonds. The van der Waals surface area contributed by atoms with Gasteiger partial charge >= 0.3 is 0 Å². The maximum absolute atomic E-state index is 12.2. The lowest BCUT2D eigenvalue weighted by molar-refractivity contribution is 0.0541. The molecule has 2 rings (SSSR count). The fourth-order valence-electron chi connectivity index (χ4n) is 1.97. The van der Waals surface area contributed by atoms with Crippen molar-refractivity contribution in [2.24, 2.45) is 0 Å². The number of nitrogens with zero attached hydrogens (tertiary/aromatic N) is 3. The van der Waals surface area contributed by atoms with E-state index >= 15 is 0 Å². The first-order valence-electron chi connectivity index (χ1n) is 6.24. The third kappa shape index (κ3) is 2.95. The van der Waals surface area contributed by atoms with Crippen molar-refractivity contribution in [3.05, 3.63) is 18.1 Å². The molecule has 98 valence electrons. The van der Waals surface area contributed by atoms with E-state index in [1.54, 1.807) is 11.1 Å². The normalized spacial score (nSPS) is 16.7. The minimum Gasteiger partial charge on any atom is -0.393 e. The van der Waals surface area contributed by atoms with E-state index in [2.05, 4.69) is 15.3 Å². The summed E-state index contributed by atoms with van der Waals surface area (Å²) in [4.78, 5) is 22.1. The van der Waals surface area contributed by atoms with E-state index in [1.807, 2.05) is 6.92 Å². The highest BCUT2D eigenvalue weighted by molar-refractivity contribution is 5.92. The lowest BCUT2D eigenvalue weighted by atomic mass is 10.1. The van der Waals surface area contributed by atoms with Crippen molar-refractivity contribution >= 4 is 11.7 Å². The SMILES string of the molecule is CCNc1cncc(C(=O)N2CCC(O)CC2)n1. The van der Waals surface area contributed by atoms with Crippen LogP contribution in [0.5, 0.6) is 0 Å². The number of carbonyl (C=O) groups excluding carboxylic acids is 1. The minimum atomic E-state index is -0.284. The molecule has 0 saturated carbocycles. The van der Waals surface area contributed by atoms with E-state index in [0.29, 0.717) is 37.4 Å². The molecule has 0 spiro atoms. The van der Waals surface area contributed by atoms with E-state index in [-0.39, 0.29) is 12.0 Å². The van der Waals surface area contributed by atoms with Crippen LogP contribution in [0.2, 0.25) is 0 Å². The Balaban J connectivity index is 2.06. The molecule has 0 atom stereocenters. The van der Waals surface area contributed by atoms with Crippen LogP contribution in [0.3, 0.4) is 0 Å². The summed E-state index contributed by atoms with van der Waals surface area (Å²) in [5.41, 5.74) is 0.352. The summed E-state index contributed by atoms with van der Waals surface area (Å²) in [6, 6.07) is 0. The quantitative estimate of drug-likeness (QED) is 0.817. The van der Waals surface area contributed by atoms with Gasteiger partial charge in [-0.05, 0) is 19.8 Å². The smallest absolute Gasteiger partial charge is 0.274 e. The fourth-order valence-corrected chi connectivity index (χ4v) is 1.97. The first kappa shape index (κ1) is 12.8. The van der Waals surface area contributed by atoms with Crippen molar-refractivity contribution in [3.63, 3.8) is 0 Å². The predicted molar refractivity (Wildman–Crippen MR) is 67.3 cm³/mol. The fraction of sp³-hybridized carbons (Fsp3) is 0.583. The number of piperidine rings is 1. The van der Waals surface area contributed by atoms with Crippen molar-refractivity contribution in [1.82, 2.24) is 14.9 Å². The van der Waals surface area contributed by atoms with Gasteiger partial charge in [0.05, 0.1) is 18.5 Å². The first-order valence-corrected chi connectivity index (χ1v) is 6.24. The van der Waals surface area contributed by atoms with Crippen molar-refractivity contribution < 1.29 is 9.90 Å². The Morgan fingerprint density at radius 1 is 1.50 bits per heavy atom. The molecular weight excluding hydrogens is 232 g/mol. The minimum absolute atomic E-state index is 0.117. The number of hydrogen-bond acceptors (Lipinski definition) is 5. The van der Waals surface area contributed by atoms with Crippen LogP contribution in [-0.2, 0) is 0 Å². The van der Waals surface area contributed by atoms with E-state index in [1.165, 1.54) is 6.20 Å². The molecule has 1 aliphatic heterocycles. The molecule has 6 nitrogen and oxygen atoms in total. The van der Waals surface area contributed by atoms with Crippen LogP contribution in [-0.4, -0.2) is 51.6 Å². The largest absolute Gasteiger partial charge is 0.393 e. The summed E-state index contributed by atoms with van der Waals surface area (Å²) in [5.74, 6) is 0.495. The lowest BCUT2D eigenvalue weighted by Gasteiger charge is -2.29. The second-order valence-electron chi connectivity index (χ2n) is 4.34. The Morgan fingerprint density at radius 3 is 2.89 bits per heavy atom. The summed E-state index contributed by atoms with van der Waals surface area (Å²) in [6.07, 6.45) is 4.06. The highest BCUT2D eigenvalue weighted by Gasteiger charge is 2.23. The second kappa shape index (κ2) is 5.77. The summed E-state index contributed by atoms with van der Waals surface area (Å²) in [7, 11) is 0. The zero-order valence-electron chi connectivity index (χ0n) is 10.5. The molecule has 0 unspecified atom stereocenters. The number of anilines is 1. The third-order valence-electron chi connectivity index (χ3n) is 2.96. The maximum Gasteiger partial charge on any atom is 0.274 e. The number of aromatic nitrogens is 2. The van der Waals surface area contributed by atoms with Gasteiger partial charge in [-0.2, -0.15) is 0 Å². The van der Waals surface area contributed by atoms with E-state index in [0.717, 1.165) is 6.54 Å². The molecule has 6 heteroatoms. The monoisotopic (exact) mass is 250 g/mol. The molecule has 2 heterocycles. The number of amides is 1. The van der Waals surface area contributed by atoms with Gasteiger partial charge in [0.15, 0.2) is 0 Å². The zero-order chi connectivity index (χ0) is 13.0. The van der Waals surface area contributed by atoms with Crippen molar-refractivity contribution in [3.8, 4) is 0 Å². The number of rotatable bonds is 3. The van der Waals surface area contributed by atoms with E-state index in [9.17, 15) is 9.90 Å². The van der Waals surface area contributed by atoms with Crippen molar-refractivity contribution in [1.29, 1.82) is 0 Å². The van der Waals surface area contributed by atoms with Gasteiger partial charge < -0.3 is 15.3 Å². The molecule has 0 aliphatic carbocycles. The number of aliphatic hydroxyl groups excluding tert-OH is 1. The summed E-state index contributed by atoms with van der Waals surface area (Å²) < 4.78 is 0. The summed E-state index contributed by atoms with van der Waals surface area (Å²) in [6.45, 7) is 3.85. The molecular formula is C12H18N4O2. The Morgan fingerprint density at radius 2 is 2.22 bits per heavy atom. The van der Waals surface area contributed by atoms with Gasteiger partial charge in [0, 0.05) is 19.6 Å². The average Bonchev–Trinajstić information content (AvgIpc) is 2.39. The van der Waals surface area contributed by atoms with Crippen LogP contribution >= 0.6 is 0 Å². The number of carbonyl (C=O) groups is 1. The Labute approximate surface area is 106 Å². The molecule has 1 saturated heterocycles. The van der Waals surface area contributed by atoms with Gasteiger partial charge in [-0.1, -0.05) is 0 Å². The Hall–Kier alpha value is -1.69. The van der Waals surface area contributed by atoms with Crippen LogP contribution < -0.4 is 5.32 Å². The second-order valence-corrected chi connectivity index (χ2v) is 4.34. The number of hydrogen-bond donors (Lipinski definition) is 2. The maximum atomic E-state index is 12.2. The molecule has 18 heavy (non-hydrogen) atoms. The standard InChI is InChI=1S/C12H18N4O2/c1-2-14-11-8-13-7-10(15-11)12(18)16-5-3-9(17)4-6-16/h7-9,17H,2-6H2,1H3,(H,14,15). The van der Waals surface area contributed by atoms with Gasteiger partial charge in [-0.25, -0.2) is 4.98 Å². The predicted octanol–water partition coefficient (Wildman–Crippen LogP) is 0.505. The van der Waals surface area contributed by atoms with Crippen molar-refractivity contribution in [2.45, 2.75) is 25.9 Å². The van der Waals surface area contributed by atoms with Crippen molar-refractivity contribution in [2.75, 3.05) is 25.0 Å². The van der Waals surface area contributed by atoms with Gasteiger partial charge in [0.25, 0.3) is 5.91 Å². The van der Waals surface area contributed by atoms with Crippen LogP contribution in [0.4, 0.5) is 5.82 Å². The highest BCUT2D eigenvalue weighted by atomic mass is 16.3. The summed E-state index contributed by atoms with van der Waals surface area (Å²) >= 11 is 0. The van der Waals surface area contributed by atoms with Crippen LogP contribution in [0, 0.1) is 0 Å². The van der Waals surface area contributed by atoms with Gasteiger partial charge in [-0.15, -0.1) is 0 Å². The van der Waals surface area contributed by atoms with Gasteiger partial charge in [-0.3, -0.25) is 9.78 Å². The van der Waals surface area contributed by atoms with Gasteiger partial charge in [0.2, 0.25) is 0 Å². The number of nitrogens with one attached hydrogen (secondary N) is 1. The lowest BCUT2D eigenvalue weighted by Crippen LogP contribution is -2.40. The molecule has 0 bridgehead atoms. The zero-order valence-corrected chi connectivity index (χ0v) is 10.5. The van der Waals surface area contributed by atoms with E-state index in [4.69, 9.17) is 0 Å².